The number of nitrogens with one attached hydrogen (secondary N) is 1. The van der Waals surface area contributed by atoms with E-state index in [9.17, 15) is 0 Å². The maximum absolute atomic E-state index is 3.64. The van der Waals surface area contributed by atoms with E-state index in [-0.39, 0.29) is 0 Å². The molecule has 86 valence electrons. The molecule has 1 atom stereocenters. The molecule has 1 saturated carbocycles. The molecule has 0 radical (unpaired) electrons. The predicted molar refractivity (Wildman–Crippen MR) is 65.1 cm³/mol. The van der Waals surface area contributed by atoms with Crippen LogP contribution in [0.5, 0.6) is 0 Å². The van der Waals surface area contributed by atoms with Crippen LogP contribution in [0.15, 0.2) is 12.2 Å². The van der Waals surface area contributed by atoms with Crippen molar-refractivity contribution < 1.29 is 0 Å². The summed E-state index contributed by atoms with van der Waals surface area (Å²) in [5.41, 5.74) is 0. The third kappa shape index (κ3) is 3.62. The molecule has 2 fully saturated rings. The summed E-state index contributed by atoms with van der Waals surface area (Å²) in [6.07, 6.45) is 11.5. The van der Waals surface area contributed by atoms with Crippen LogP contribution in [-0.2, 0) is 0 Å². The Hall–Kier alpha value is -0.340. The van der Waals surface area contributed by atoms with Gasteiger partial charge in [0.2, 0.25) is 0 Å². The van der Waals surface area contributed by atoms with Gasteiger partial charge in [0.1, 0.15) is 0 Å². The molecule has 0 aromatic carbocycles. The Balaban J connectivity index is 1.76. The van der Waals surface area contributed by atoms with Crippen molar-refractivity contribution in [1.82, 2.24) is 10.2 Å². The van der Waals surface area contributed by atoms with Crippen LogP contribution in [0.2, 0.25) is 0 Å². The third-order valence-electron chi connectivity index (χ3n) is 3.51. The lowest BCUT2D eigenvalue weighted by Crippen LogP contribution is -2.44. The summed E-state index contributed by atoms with van der Waals surface area (Å²) >= 11 is 0. The SMILES string of the molecule is C/C=C/CN(CC1CCCCN1)C1CC1. The van der Waals surface area contributed by atoms with Gasteiger partial charge in [-0.3, -0.25) is 4.90 Å². The van der Waals surface area contributed by atoms with Crippen LogP contribution in [-0.4, -0.2) is 36.6 Å². The van der Waals surface area contributed by atoms with E-state index >= 15 is 0 Å². The summed E-state index contributed by atoms with van der Waals surface area (Å²) in [6, 6.07) is 1.65. The summed E-state index contributed by atoms with van der Waals surface area (Å²) in [5, 5.41) is 3.64. The van der Waals surface area contributed by atoms with E-state index in [2.05, 4.69) is 29.3 Å². The number of nitrogens with zero attached hydrogens (tertiary/aromatic N) is 1. The molecule has 1 aliphatic heterocycles. The van der Waals surface area contributed by atoms with Gasteiger partial charge < -0.3 is 5.32 Å². The molecule has 1 unspecified atom stereocenters. The van der Waals surface area contributed by atoms with E-state index in [0.717, 1.165) is 18.6 Å². The highest BCUT2D eigenvalue weighted by atomic mass is 15.2. The van der Waals surface area contributed by atoms with Gasteiger partial charge in [0.05, 0.1) is 0 Å². The van der Waals surface area contributed by atoms with Gasteiger partial charge in [-0.1, -0.05) is 18.6 Å². The van der Waals surface area contributed by atoms with Crippen molar-refractivity contribution in [2.24, 2.45) is 0 Å². The zero-order valence-corrected chi connectivity index (χ0v) is 9.91. The topological polar surface area (TPSA) is 15.3 Å². The second-order valence-electron chi connectivity index (χ2n) is 4.90. The highest BCUT2D eigenvalue weighted by molar-refractivity contribution is 4.92. The van der Waals surface area contributed by atoms with E-state index in [1.807, 2.05) is 0 Å². The third-order valence-corrected chi connectivity index (χ3v) is 3.51. The molecule has 1 N–H and O–H groups in total. The predicted octanol–water partition coefficient (Wildman–Crippen LogP) is 2.17. The Morgan fingerprint density at radius 3 is 2.73 bits per heavy atom. The lowest BCUT2D eigenvalue weighted by atomic mass is 10.0. The van der Waals surface area contributed by atoms with Gasteiger partial charge in [0.15, 0.2) is 0 Å². The van der Waals surface area contributed by atoms with Crippen LogP contribution in [0.4, 0.5) is 0 Å². The number of hydrogen-bond donors (Lipinski definition) is 1. The lowest BCUT2D eigenvalue weighted by Gasteiger charge is -2.30. The minimum absolute atomic E-state index is 0.754. The molecule has 1 heterocycles. The molecule has 2 heteroatoms. The van der Waals surface area contributed by atoms with E-state index in [1.165, 1.54) is 45.2 Å². The van der Waals surface area contributed by atoms with Crippen molar-refractivity contribution in [3.8, 4) is 0 Å². The van der Waals surface area contributed by atoms with Crippen molar-refractivity contribution in [2.45, 2.75) is 51.1 Å². The summed E-state index contributed by atoms with van der Waals surface area (Å²) in [7, 11) is 0. The summed E-state index contributed by atoms with van der Waals surface area (Å²) < 4.78 is 0. The number of hydrogen-bond acceptors (Lipinski definition) is 2. The van der Waals surface area contributed by atoms with Gasteiger partial charge in [-0.05, 0) is 39.2 Å². The van der Waals surface area contributed by atoms with Crippen LogP contribution in [0.1, 0.15) is 39.0 Å². The second kappa shape index (κ2) is 5.66. The maximum atomic E-state index is 3.64. The number of allylic oxidation sites excluding steroid dienone is 1. The smallest absolute Gasteiger partial charge is 0.0195 e. The standard InChI is InChI=1S/C13H24N2/c1-2-3-10-15(13-7-8-13)11-12-6-4-5-9-14-12/h2-3,12-14H,4-11H2,1H3/b3-2+. The van der Waals surface area contributed by atoms with Gasteiger partial charge in [-0.2, -0.15) is 0 Å². The van der Waals surface area contributed by atoms with Crippen LogP contribution in [0, 0.1) is 0 Å². The summed E-state index contributed by atoms with van der Waals surface area (Å²) in [4.78, 5) is 2.66. The zero-order chi connectivity index (χ0) is 10.5. The Labute approximate surface area is 93.7 Å². The van der Waals surface area contributed by atoms with E-state index in [4.69, 9.17) is 0 Å². The Morgan fingerprint density at radius 2 is 2.13 bits per heavy atom. The first-order chi connectivity index (χ1) is 7.40. The van der Waals surface area contributed by atoms with Gasteiger partial charge >= 0.3 is 0 Å². The fourth-order valence-electron chi connectivity index (χ4n) is 2.42. The monoisotopic (exact) mass is 208 g/mol. The van der Waals surface area contributed by atoms with Gasteiger partial charge in [0.25, 0.3) is 0 Å². The molecule has 1 saturated heterocycles. The summed E-state index contributed by atoms with van der Waals surface area (Å²) in [5.74, 6) is 0. The molecule has 0 bridgehead atoms. The van der Waals surface area contributed by atoms with Gasteiger partial charge in [-0.25, -0.2) is 0 Å². The van der Waals surface area contributed by atoms with E-state index in [1.54, 1.807) is 0 Å². The normalized spacial score (nSPS) is 27.7. The van der Waals surface area contributed by atoms with Crippen molar-refractivity contribution in [3.63, 3.8) is 0 Å². The molecule has 2 rings (SSSR count). The molecule has 2 aliphatic rings. The second-order valence-corrected chi connectivity index (χ2v) is 4.90. The largest absolute Gasteiger partial charge is 0.313 e. The fourth-order valence-corrected chi connectivity index (χ4v) is 2.42. The first-order valence-electron chi connectivity index (χ1n) is 6.48. The van der Waals surface area contributed by atoms with Crippen molar-refractivity contribution in [1.29, 1.82) is 0 Å². The maximum Gasteiger partial charge on any atom is 0.0195 e. The Morgan fingerprint density at radius 1 is 1.27 bits per heavy atom. The zero-order valence-electron chi connectivity index (χ0n) is 9.91. The average Bonchev–Trinajstić information content (AvgIpc) is 3.09. The molecular weight excluding hydrogens is 184 g/mol. The van der Waals surface area contributed by atoms with Crippen LogP contribution in [0.25, 0.3) is 0 Å². The first-order valence-corrected chi connectivity index (χ1v) is 6.48. The molecule has 1 aliphatic carbocycles. The fraction of sp³-hybridized carbons (Fsp3) is 0.846. The molecular formula is C13H24N2. The quantitative estimate of drug-likeness (QED) is 0.697. The average molecular weight is 208 g/mol. The minimum atomic E-state index is 0.754. The van der Waals surface area contributed by atoms with Crippen LogP contribution < -0.4 is 5.32 Å². The van der Waals surface area contributed by atoms with E-state index < -0.39 is 0 Å². The van der Waals surface area contributed by atoms with E-state index in [0.29, 0.717) is 0 Å². The number of rotatable bonds is 5. The highest BCUT2D eigenvalue weighted by Crippen LogP contribution is 2.27. The molecule has 2 nitrogen and oxygen atoms in total. The minimum Gasteiger partial charge on any atom is -0.313 e. The number of piperidine rings is 1. The summed E-state index contributed by atoms with van der Waals surface area (Å²) in [6.45, 7) is 5.76. The first kappa shape index (κ1) is 11.2. The van der Waals surface area contributed by atoms with Crippen LogP contribution >= 0.6 is 0 Å². The molecule has 0 amide bonds. The molecule has 0 aromatic heterocycles. The van der Waals surface area contributed by atoms with Gasteiger partial charge in [0, 0.05) is 25.2 Å². The lowest BCUT2D eigenvalue weighted by molar-refractivity contribution is 0.234. The van der Waals surface area contributed by atoms with Crippen molar-refractivity contribution in [2.75, 3.05) is 19.6 Å². The van der Waals surface area contributed by atoms with Crippen molar-refractivity contribution >= 4 is 0 Å². The van der Waals surface area contributed by atoms with Gasteiger partial charge in [-0.15, -0.1) is 0 Å². The Bertz CT molecular complexity index is 203. The molecule has 0 aromatic rings. The highest BCUT2D eigenvalue weighted by Gasteiger charge is 2.29. The van der Waals surface area contributed by atoms with Crippen molar-refractivity contribution in [3.05, 3.63) is 12.2 Å². The van der Waals surface area contributed by atoms with Crippen LogP contribution in [0.3, 0.4) is 0 Å². The Kier molecular flexibility index (Phi) is 4.21. The molecule has 15 heavy (non-hydrogen) atoms. The molecule has 0 spiro atoms.